The van der Waals surface area contributed by atoms with Gasteiger partial charge in [-0.15, -0.1) is 0 Å². The molecule has 2 atom stereocenters. The number of nitrogens with zero attached hydrogens (tertiary/aromatic N) is 1. The van der Waals surface area contributed by atoms with Crippen LogP contribution in [0.15, 0.2) is 40.9 Å². The molecule has 1 saturated heterocycles. The number of rotatable bonds is 3. The van der Waals surface area contributed by atoms with Gasteiger partial charge in [0.2, 0.25) is 0 Å². The number of likely N-dealkylation sites (tertiary alicyclic amines) is 1. The van der Waals surface area contributed by atoms with E-state index in [1.165, 1.54) is 6.42 Å². The summed E-state index contributed by atoms with van der Waals surface area (Å²) >= 11 is 3.49. The molecule has 4 heteroatoms. The van der Waals surface area contributed by atoms with E-state index in [1.807, 2.05) is 24.3 Å². The lowest BCUT2D eigenvalue weighted by atomic mass is 9.65. The smallest absolute Gasteiger partial charge is 0.260 e. The number of fused-ring (bicyclic) bond motifs is 3. The zero-order valence-corrected chi connectivity index (χ0v) is 17.3. The molecule has 2 aliphatic rings. The predicted molar refractivity (Wildman–Crippen MR) is 108 cm³/mol. The number of hydrogen-bond acceptors (Lipinski definition) is 2. The second-order valence-electron chi connectivity index (χ2n) is 9.18. The van der Waals surface area contributed by atoms with Crippen LogP contribution in [0, 0.1) is 10.8 Å². The fourth-order valence-electron chi connectivity index (χ4n) is 5.26. The maximum Gasteiger partial charge on any atom is 0.260 e. The largest absolute Gasteiger partial charge is 0.484 e. The highest BCUT2D eigenvalue weighted by atomic mass is 79.9. The van der Waals surface area contributed by atoms with Crippen LogP contribution in [0.5, 0.6) is 5.75 Å². The number of halogens is 1. The lowest BCUT2D eigenvalue weighted by molar-refractivity contribution is -0.134. The van der Waals surface area contributed by atoms with Gasteiger partial charge >= 0.3 is 0 Å². The monoisotopic (exact) mass is 415 g/mol. The summed E-state index contributed by atoms with van der Waals surface area (Å²) in [5, 5.41) is 2.27. The van der Waals surface area contributed by atoms with Gasteiger partial charge in [-0.1, -0.05) is 48.8 Å². The Morgan fingerprint density at radius 2 is 1.88 bits per heavy atom. The van der Waals surface area contributed by atoms with E-state index in [-0.39, 0.29) is 17.9 Å². The van der Waals surface area contributed by atoms with Gasteiger partial charge in [0.15, 0.2) is 6.61 Å². The van der Waals surface area contributed by atoms with Gasteiger partial charge in [0, 0.05) is 17.1 Å². The van der Waals surface area contributed by atoms with Gasteiger partial charge in [0.1, 0.15) is 5.75 Å². The first-order valence-electron chi connectivity index (χ1n) is 9.35. The summed E-state index contributed by atoms with van der Waals surface area (Å²) in [6.07, 6.45) is 3.42. The third-order valence-electron chi connectivity index (χ3n) is 5.87. The molecule has 138 valence electrons. The number of amides is 1. The summed E-state index contributed by atoms with van der Waals surface area (Å²) in [6, 6.07) is 12.5. The van der Waals surface area contributed by atoms with Crippen LogP contribution < -0.4 is 4.74 Å². The van der Waals surface area contributed by atoms with Crippen LogP contribution in [0.1, 0.15) is 40.0 Å². The first-order valence-corrected chi connectivity index (χ1v) is 10.1. The van der Waals surface area contributed by atoms with Gasteiger partial charge in [-0.25, -0.2) is 0 Å². The molecule has 26 heavy (non-hydrogen) atoms. The summed E-state index contributed by atoms with van der Waals surface area (Å²) in [5.74, 6) is 0.870. The number of ether oxygens (including phenoxy) is 1. The van der Waals surface area contributed by atoms with Crippen molar-refractivity contribution in [2.75, 3.05) is 13.2 Å². The van der Waals surface area contributed by atoms with Crippen LogP contribution >= 0.6 is 15.9 Å². The van der Waals surface area contributed by atoms with Crippen molar-refractivity contribution in [1.29, 1.82) is 0 Å². The summed E-state index contributed by atoms with van der Waals surface area (Å²) in [7, 11) is 0. The summed E-state index contributed by atoms with van der Waals surface area (Å²) in [6.45, 7) is 7.98. The van der Waals surface area contributed by atoms with Crippen LogP contribution in [-0.2, 0) is 4.79 Å². The molecule has 0 spiro atoms. The Morgan fingerprint density at radius 1 is 1.15 bits per heavy atom. The molecule has 0 radical (unpaired) electrons. The maximum atomic E-state index is 12.8. The Bertz CT molecular complexity index is 862. The van der Waals surface area contributed by atoms with Crippen molar-refractivity contribution >= 4 is 32.6 Å². The molecule has 2 bridgehead atoms. The second-order valence-corrected chi connectivity index (χ2v) is 10.1. The third-order valence-corrected chi connectivity index (χ3v) is 6.36. The zero-order chi connectivity index (χ0) is 18.5. The van der Waals surface area contributed by atoms with Gasteiger partial charge in [-0.3, -0.25) is 4.79 Å². The topological polar surface area (TPSA) is 29.5 Å². The third kappa shape index (κ3) is 3.48. The van der Waals surface area contributed by atoms with Crippen molar-refractivity contribution in [3.05, 3.63) is 40.9 Å². The van der Waals surface area contributed by atoms with E-state index in [1.54, 1.807) is 0 Å². The number of hydrogen-bond donors (Lipinski definition) is 0. The first-order chi connectivity index (χ1) is 12.2. The Labute approximate surface area is 163 Å². The summed E-state index contributed by atoms with van der Waals surface area (Å²) in [4.78, 5) is 14.9. The fourth-order valence-corrected chi connectivity index (χ4v) is 5.64. The molecule has 4 rings (SSSR count). The molecular weight excluding hydrogens is 390 g/mol. The molecule has 1 aliphatic carbocycles. The fraction of sp³-hybridized carbons (Fsp3) is 0.500. The predicted octanol–water partition coefficient (Wildman–Crippen LogP) is 5.41. The molecule has 1 heterocycles. The van der Waals surface area contributed by atoms with Gasteiger partial charge in [-0.05, 0) is 65.1 Å². The Hall–Kier alpha value is -1.55. The van der Waals surface area contributed by atoms with Crippen molar-refractivity contribution in [1.82, 2.24) is 4.90 Å². The number of carbonyl (C=O) groups excluding carboxylic acids is 1. The van der Waals surface area contributed by atoms with Crippen molar-refractivity contribution in [3.8, 4) is 5.75 Å². The van der Waals surface area contributed by atoms with Gasteiger partial charge in [-0.2, -0.15) is 0 Å². The molecule has 0 aromatic heterocycles. The van der Waals surface area contributed by atoms with Crippen molar-refractivity contribution in [2.24, 2.45) is 10.8 Å². The highest BCUT2D eigenvalue weighted by Crippen LogP contribution is 2.52. The van der Waals surface area contributed by atoms with Crippen LogP contribution in [-0.4, -0.2) is 30.0 Å². The highest BCUT2D eigenvalue weighted by Gasteiger charge is 2.50. The average molecular weight is 416 g/mol. The minimum absolute atomic E-state index is 0.118. The van der Waals surface area contributed by atoms with Crippen LogP contribution in [0.3, 0.4) is 0 Å². The van der Waals surface area contributed by atoms with Gasteiger partial charge < -0.3 is 9.64 Å². The van der Waals surface area contributed by atoms with Crippen molar-refractivity contribution in [2.45, 2.75) is 46.1 Å². The standard InChI is InChI=1S/C22H26BrNO2/c1-21(2)10-18-11-22(3,13-21)14-24(18)20(25)12-26-19-7-5-15-8-17(23)6-4-16(15)9-19/h4-9,18H,10-14H2,1-3H3/t18-,22-/m0/s1. The minimum Gasteiger partial charge on any atom is -0.484 e. The molecule has 1 saturated carbocycles. The van der Waals surface area contributed by atoms with Crippen LogP contribution in [0.4, 0.5) is 0 Å². The van der Waals surface area contributed by atoms with Gasteiger partial charge in [0.25, 0.3) is 5.91 Å². The van der Waals surface area contributed by atoms with Gasteiger partial charge in [0.05, 0.1) is 0 Å². The van der Waals surface area contributed by atoms with E-state index in [0.29, 0.717) is 11.5 Å². The SMILES string of the molecule is CC1(C)C[C@H]2C[C@](C)(CN2C(=O)COc2ccc3cc(Br)ccc3c2)C1. The van der Waals surface area contributed by atoms with Crippen molar-refractivity contribution < 1.29 is 9.53 Å². The first kappa shape index (κ1) is 17.8. The normalized spacial score (nSPS) is 26.9. The highest BCUT2D eigenvalue weighted by molar-refractivity contribution is 9.10. The lowest BCUT2D eigenvalue weighted by Gasteiger charge is -2.39. The van der Waals surface area contributed by atoms with E-state index in [9.17, 15) is 4.79 Å². The molecule has 1 amide bonds. The number of benzene rings is 2. The Morgan fingerprint density at radius 3 is 2.69 bits per heavy atom. The van der Waals surface area contributed by atoms with E-state index < -0.39 is 0 Å². The second kappa shape index (κ2) is 6.26. The average Bonchev–Trinajstić information content (AvgIpc) is 2.81. The molecule has 1 aliphatic heterocycles. The quantitative estimate of drug-likeness (QED) is 0.670. The molecular formula is C22H26BrNO2. The molecule has 0 N–H and O–H groups in total. The van der Waals surface area contributed by atoms with Crippen LogP contribution in [0.25, 0.3) is 10.8 Å². The Kier molecular flexibility index (Phi) is 4.30. The minimum atomic E-state index is 0.118. The number of carbonyl (C=O) groups is 1. The summed E-state index contributed by atoms with van der Waals surface area (Å²) in [5.41, 5.74) is 0.582. The molecule has 2 aromatic carbocycles. The Balaban J connectivity index is 1.44. The molecule has 2 aromatic rings. The van der Waals surface area contributed by atoms with E-state index >= 15 is 0 Å². The summed E-state index contributed by atoms with van der Waals surface area (Å²) < 4.78 is 6.91. The van der Waals surface area contributed by atoms with E-state index in [4.69, 9.17) is 4.74 Å². The maximum absolute atomic E-state index is 12.8. The van der Waals surface area contributed by atoms with Crippen molar-refractivity contribution in [3.63, 3.8) is 0 Å². The van der Waals surface area contributed by atoms with E-state index in [2.05, 4.69) is 53.7 Å². The van der Waals surface area contributed by atoms with E-state index in [0.717, 1.165) is 40.4 Å². The van der Waals surface area contributed by atoms with Crippen LogP contribution in [0.2, 0.25) is 0 Å². The lowest BCUT2D eigenvalue weighted by Crippen LogP contribution is -2.40. The molecule has 2 fully saturated rings. The molecule has 0 unspecified atom stereocenters. The zero-order valence-electron chi connectivity index (χ0n) is 15.7. The molecule has 3 nitrogen and oxygen atoms in total.